The van der Waals surface area contributed by atoms with Crippen molar-refractivity contribution in [1.82, 2.24) is 10.6 Å². The van der Waals surface area contributed by atoms with Gasteiger partial charge in [-0.2, -0.15) is 0 Å². The van der Waals surface area contributed by atoms with Crippen LogP contribution in [0.2, 0.25) is 0 Å². The molecule has 1 aromatic rings. The van der Waals surface area contributed by atoms with E-state index in [0.29, 0.717) is 13.2 Å². The first-order chi connectivity index (χ1) is 9.66. The number of benzene rings is 1. The molecule has 0 radical (unpaired) electrons. The van der Waals surface area contributed by atoms with Crippen molar-refractivity contribution in [1.29, 1.82) is 0 Å². The topological polar surface area (TPSA) is 70.6 Å². The van der Waals surface area contributed by atoms with E-state index in [0.717, 1.165) is 18.4 Å². The van der Waals surface area contributed by atoms with E-state index in [2.05, 4.69) is 10.6 Å². The van der Waals surface area contributed by atoms with E-state index in [4.69, 9.17) is 4.74 Å². The molecule has 5 nitrogen and oxygen atoms in total. The van der Waals surface area contributed by atoms with E-state index in [1.807, 2.05) is 30.3 Å². The van der Waals surface area contributed by atoms with Crippen molar-refractivity contribution in [2.75, 3.05) is 26.8 Å². The monoisotopic (exact) mass is 278 g/mol. The highest BCUT2D eigenvalue weighted by molar-refractivity contribution is 5.73. The van der Waals surface area contributed by atoms with Crippen LogP contribution in [0.4, 0.5) is 4.79 Å². The van der Waals surface area contributed by atoms with E-state index in [1.54, 1.807) is 7.11 Å². The largest absolute Gasteiger partial charge is 0.383 e. The summed E-state index contributed by atoms with van der Waals surface area (Å²) >= 11 is 0. The van der Waals surface area contributed by atoms with Crippen LogP contribution in [0.1, 0.15) is 18.4 Å². The summed E-state index contributed by atoms with van der Waals surface area (Å²) in [4.78, 5) is 11.6. The summed E-state index contributed by atoms with van der Waals surface area (Å²) in [6.45, 7) is 1.15. The van der Waals surface area contributed by atoms with Gasteiger partial charge in [-0.1, -0.05) is 30.3 Å². The SMILES string of the molecule is COCCNC(=O)NC[C@](O)(c1ccccc1)C1CC1. The molecule has 3 N–H and O–H groups in total. The minimum absolute atomic E-state index is 0.223. The Hall–Kier alpha value is -1.59. The summed E-state index contributed by atoms with van der Waals surface area (Å²) in [6, 6.07) is 9.26. The van der Waals surface area contributed by atoms with Gasteiger partial charge in [-0.3, -0.25) is 0 Å². The number of nitrogens with one attached hydrogen (secondary N) is 2. The fraction of sp³-hybridized carbons (Fsp3) is 0.533. The Morgan fingerprint density at radius 2 is 2.05 bits per heavy atom. The number of hydrogen-bond acceptors (Lipinski definition) is 3. The minimum atomic E-state index is -0.972. The molecular formula is C15H22N2O3. The molecule has 0 heterocycles. The Labute approximate surface area is 119 Å². The molecule has 0 spiro atoms. The standard InChI is InChI=1S/C15H22N2O3/c1-20-10-9-16-14(18)17-11-15(19,13-7-8-13)12-5-3-2-4-6-12/h2-6,13,19H,7-11H2,1H3,(H2,16,17,18)/t15-/m0/s1. The van der Waals surface area contributed by atoms with Crippen LogP contribution in [-0.4, -0.2) is 37.9 Å². The number of methoxy groups -OCH3 is 1. The van der Waals surface area contributed by atoms with Gasteiger partial charge in [0.2, 0.25) is 0 Å². The van der Waals surface area contributed by atoms with Crippen LogP contribution in [0.15, 0.2) is 30.3 Å². The summed E-state index contributed by atoms with van der Waals surface area (Å²) in [7, 11) is 1.58. The lowest BCUT2D eigenvalue weighted by atomic mass is 9.89. The molecule has 110 valence electrons. The average molecular weight is 278 g/mol. The maximum absolute atomic E-state index is 11.6. The predicted octanol–water partition coefficient (Wildman–Crippen LogP) is 1.23. The molecule has 2 rings (SSSR count). The van der Waals surface area contributed by atoms with Gasteiger partial charge in [0.15, 0.2) is 0 Å². The Bertz CT molecular complexity index is 434. The molecule has 1 atom stereocenters. The third-order valence-corrected chi connectivity index (χ3v) is 3.64. The number of carbonyl (C=O) groups excluding carboxylic acids is 1. The van der Waals surface area contributed by atoms with Crippen LogP contribution in [0.5, 0.6) is 0 Å². The zero-order valence-corrected chi connectivity index (χ0v) is 11.8. The quantitative estimate of drug-likeness (QED) is 0.657. The summed E-state index contributed by atoms with van der Waals surface area (Å²) in [5.41, 5.74) is -0.112. The van der Waals surface area contributed by atoms with Gasteiger partial charge in [-0.25, -0.2) is 4.79 Å². The van der Waals surface area contributed by atoms with Crippen molar-refractivity contribution in [3.8, 4) is 0 Å². The Kier molecular flexibility index (Phi) is 4.98. The van der Waals surface area contributed by atoms with Crippen LogP contribution in [0.3, 0.4) is 0 Å². The zero-order valence-electron chi connectivity index (χ0n) is 11.8. The maximum Gasteiger partial charge on any atom is 0.314 e. The van der Waals surface area contributed by atoms with Crippen molar-refractivity contribution in [3.05, 3.63) is 35.9 Å². The molecule has 0 aromatic heterocycles. The summed E-state index contributed by atoms with van der Waals surface area (Å²) in [5.74, 6) is 0.226. The summed E-state index contributed by atoms with van der Waals surface area (Å²) in [6.07, 6.45) is 2.00. The molecule has 0 unspecified atom stereocenters. The van der Waals surface area contributed by atoms with Crippen LogP contribution in [-0.2, 0) is 10.3 Å². The van der Waals surface area contributed by atoms with Gasteiger partial charge in [0.05, 0.1) is 13.2 Å². The van der Waals surface area contributed by atoms with E-state index < -0.39 is 5.60 Å². The van der Waals surface area contributed by atoms with E-state index in [-0.39, 0.29) is 18.5 Å². The molecule has 20 heavy (non-hydrogen) atoms. The zero-order chi connectivity index (χ0) is 14.4. The molecule has 1 aromatic carbocycles. The highest BCUT2D eigenvalue weighted by atomic mass is 16.5. The second kappa shape index (κ2) is 6.72. The van der Waals surface area contributed by atoms with Crippen molar-refractivity contribution in [3.63, 3.8) is 0 Å². The number of rotatable bonds is 7. The van der Waals surface area contributed by atoms with Crippen LogP contribution in [0.25, 0.3) is 0 Å². The molecule has 1 aliphatic rings. The van der Waals surface area contributed by atoms with E-state index in [1.165, 1.54) is 0 Å². The average Bonchev–Trinajstić information content (AvgIpc) is 3.31. The first-order valence-corrected chi connectivity index (χ1v) is 6.95. The highest BCUT2D eigenvalue weighted by Gasteiger charge is 2.45. The maximum atomic E-state index is 11.6. The lowest BCUT2D eigenvalue weighted by Gasteiger charge is -2.29. The number of carbonyl (C=O) groups is 1. The predicted molar refractivity (Wildman–Crippen MR) is 76.3 cm³/mol. The van der Waals surface area contributed by atoms with Crippen molar-refractivity contribution >= 4 is 6.03 Å². The van der Waals surface area contributed by atoms with Gasteiger partial charge in [0, 0.05) is 13.7 Å². The molecule has 0 saturated heterocycles. The fourth-order valence-electron chi connectivity index (χ4n) is 2.31. The molecule has 0 bridgehead atoms. The molecule has 1 aliphatic carbocycles. The Morgan fingerprint density at radius 3 is 2.65 bits per heavy atom. The first-order valence-electron chi connectivity index (χ1n) is 6.95. The summed E-state index contributed by atoms with van der Waals surface area (Å²) in [5, 5.41) is 16.3. The Balaban J connectivity index is 1.92. The number of aliphatic hydroxyl groups is 1. The van der Waals surface area contributed by atoms with Gasteiger partial charge in [-0.05, 0) is 24.3 Å². The first kappa shape index (κ1) is 14.8. The third-order valence-electron chi connectivity index (χ3n) is 3.64. The molecule has 1 fully saturated rings. The number of urea groups is 1. The second-order valence-corrected chi connectivity index (χ2v) is 5.17. The second-order valence-electron chi connectivity index (χ2n) is 5.17. The normalized spacial score (nSPS) is 17.3. The van der Waals surface area contributed by atoms with Gasteiger partial charge in [-0.15, -0.1) is 0 Å². The molecular weight excluding hydrogens is 256 g/mol. The van der Waals surface area contributed by atoms with Crippen LogP contribution in [0, 0.1) is 5.92 Å². The molecule has 1 saturated carbocycles. The number of hydrogen-bond donors (Lipinski definition) is 3. The van der Waals surface area contributed by atoms with Gasteiger partial charge in [0.25, 0.3) is 0 Å². The molecule has 2 amide bonds. The molecule has 5 heteroatoms. The van der Waals surface area contributed by atoms with Crippen LogP contribution >= 0.6 is 0 Å². The third kappa shape index (κ3) is 3.71. The van der Waals surface area contributed by atoms with Crippen LogP contribution < -0.4 is 10.6 Å². The smallest absolute Gasteiger partial charge is 0.314 e. The van der Waals surface area contributed by atoms with Crippen molar-refractivity contribution in [2.24, 2.45) is 5.92 Å². The van der Waals surface area contributed by atoms with Gasteiger partial charge >= 0.3 is 6.03 Å². The van der Waals surface area contributed by atoms with Gasteiger partial charge < -0.3 is 20.5 Å². The summed E-state index contributed by atoms with van der Waals surface area (Å²) < 4.78 is 4.86. The minimum Gasteiger partial charge on any atom is -0.383 e. The highest BCUT2D eigenvalue weighted by Crippen LogP contribution is 2.45. The van der Waals surface area contributed by atoms with Crippen molar-refractivity contribution in [2.45, 2.75) is 18.4 Å². The fourth-order valence-corrected chi connectivity index (χ4v) is 2.31. The lowest BCUT2D eigenvalue weighted by molar-refractivity contribution is 0.0159. The number of ether oxygens (including phenoxy) is 1. The van der Waals surface area contributed by atoms with E-state index >= 15 is 0 Å². The Morgan fingerprint density at radius 1 is 1.35 bits per heavy atom. The number of amides is 2. The lowest BCUT2D eigenvalue weighted by Crippen LogP contribution is -2.46. The van der Waals surface area contributed by atoms with Crippen molar-refractivity contribution < 1.29 is 14.6 Å². The molecule has 0 aliphatic heterocycles. The van der Waals surface area contributed by atoms with E-state index in [9.17, 15) is 9.90 Å². The van der Waals surface area contributed by atoms with Gasteiger partial charge in [0.1, 0.15) is 5.60 Å².